The van der Waals surface area contributed by atoms with Gasteiger partial charge in [0.15, 0.2) is 5.13 Å². The summed E-state index contributed by atoms with van der Waals surface area (Å²) in [5, 5.41) is 9.42. The molecule has 6 nitrogen and oxygen atoms in total. The molecule has 1 aromatic carbocycles. The highest BCUT2D eigenvalue weighted by molar-refractivity contribution is 7.16. The van der Waals surface area contributed by atoms with E-state index in [-0.39, 0.29) is 24.2 Å². The van der Waals surface area contributed by atoms with Gasteiger partial charge < -0.3 is 10.6 Å². The summed E-state index contributed by atoms with van der Waals surface area (Å²) in [6.07, 6.45) is 5.62. The molecule has 2 aromatic heterocycles. The second-order valence-electron chi connectivity index (χ2n) is 7.93. The van der Waals surface area contributed by atoms with Crippen molar-refractivity contribution in [1.82, 2.24) is 9.97 Å². The Morgan fingerprint density at radius 2 is 1.90 bits per heavy atom. The molecule has 162 valence electrons. The van der Waals surface area contributed by atoms with Gasteiger partial charge in [-0.2, -0.15) is 0 Å². The predicted molar refractivity (Wildman–Crippen MR) is 127 cm³/mol. The normalized spacial score (nSPS) is 14.4. The number of benzene rings is 1. The monoisotopic (exact) mass is 454 g/mol. The SMILES string of the molecule is Cc1nc(C)c(-c2csc(NC(=O)Cc3cccc(NC(=O)C4CCCCC4)c3)n2)s1. The van der Waals surface area contributed by atoms with E-state index in [4.69, 9.17) is 0 Å². The van der Waals surface area contributed by atoms with Crippen LogP contribution in [-0.2, 0) is 16.0 Å². The highest BCUT2D eigenvalue weighted by Crippen LogP contribution is 2.32. The number of carbonyl (C=O) groups is 2. The van der Waals surface area contributed by atoms with E-state index in [1.54, 1.807) is 11.3 Å². The summed E-state index contributed by atoms with van der Waals surface area (Å²) >= 11 is 3.01. The van der Waals surface area contributed by atoms with Gasteiger partial charge in [0.2, 0.25) is 11.8 Å². The van der Waals surface area contributed by atoms with E-state index in [1.807, 2.05) is 43.5 Å². The van der Waals surface area contributed by atoms with Crippen LogP contribution in [0.3, 0.4) is 0 Å². The lowest BCUT2D eigenvalue weighted by molar-refractivity contribution is -0.120. The number of aryl methyl sites for hydroxylation is 2. The lowest BCUT2D eigenvalue weighted by Crippen LogP contribution is -2.24. The van der Waals surface area contributed by atoms with Gasteiger partial charge in [0.25, 0.3) is 0 Å². The molecule has 1 aliphatic rings. The standard InChI is InChI=1S/C23H26N4O2S2/c1-14-21(31-15(2)24-14)19-13-30-23(26-19)27-20(28)12-16-7-6-10-18(11-16)25-22(29)17-8-4-3-5-9-17/h6-7,10-11,13,17H,3-5,8-9,12H2,1-2H3,(H,25,29)(H,26,27,28). The summed E-state index contributed by atoms with van der Waals surface area (Å²) in [6, 6.07) is 7.51. The summed E-state index contributed by atoms with van der Waals surface area (Å²) in [4.78, 5) is 35.0. The lowest BCUT2D eigenvalue weighted by Gasteiger charge is -2.20. The third kappa shape index (κ3) is 5.57. The smallest absolute Gasteiger partial charge is 0.230 e. The van der Waals surface area contributed by atoms with Gasteiger partial charge >= 0.3 is 0 Å². The maximum Gasteiger partial charge on any atom is 0.230 e. The van der Waals surface area contributed by atoms with Crippen LogP contribution in [0, 0.1) is 19.8 Å². The molecule has 4 rings (SSSR count). The van der Waals surface area contributed by atoms with Crippen LogP contribution in [0.25, 0.3) is 10.6 Å². The topological polar surface area (TPSA) is 84.0 Å². The van der Waals surface area contributed by atoms with Crippen LogP contribution in [0.1, 0.15) is 48.4 Å². The Kier molecular flexibility index (Phi) is 6.77. The third-order valence-electron chi connectivity index (χ3n) is 5.42. The highest BCUT2D eigenvalue weighted by Gasteiger charge is 2.21. The second kappa shape index (κ2) is 9.70. The maximum absolute atomic E-state index is 12.5. The largest absolute Gasteiger partial charge is 0.326 e. The number of nitrogens with one attached hydrogen (secondary N) is 2. The van der Waals surface area contributed by atoms with E-state index in [0.717, 1.165) is 58.2 Å². The molecule has 0 bridgehead atoms. The number of carbonyl (C=O) groups excluding carboxylic acids is 2. The van der Waals surface area contributed by atoms with Gasteiger partial charge in [-0.3, -0.25) is 9.59 Å². The lowest BCUT2D eigenvalue weighted by atomic mass is 9.88. The van der Waals surface area contributed by atoms with Crippen LogP contribution in [0.2, 0.25) is 0 Å². The number of amides is 2. The predicted octanol–water partition coefficient (Wildman–Crippen LogP) is 5.58. The number of hydrogen-bond acceptors (Lipinski definition) is 6. The van der Waals surface area contributed by atoms with Crippen molar-refractivity contribution in [3.05, 3.63) is 45.9 Å². The van der Waals surface area contributed by atoms with E-state index in [0.29, 0.717) is 5.13 Å². The van der Waals surface area contributed by atoms with Crippen molar-refractivity contribution in [2.45, 2.75) is 52.4 Å². The fourth-order valence-corrected chi connectivity index (χ4v) is 5.59. The van der Waals surface area contributed by atoms with Crippen molar-refractivity contribution in [1.29, 1.82) is 0 Å². The van der Waals surface area contributed by atoms with Crippen LogP contribution in [0.4, 0.5) is 10.8 Å². The van der Waals surface area contributed by atoms with Crippen LogP contribution in [0.5, 0.6) is 0 Å². The van der Waals surface area contributed by atoms with Gasteiger partial charge in [0.1, 0.15) is 0 Å². The molecule has 0 saturated heterocycles. The van der Waals surface area contributed by atoms with E-state index < -0.39 is 0 Å². The molecule has 1 aliphatic carbocycles. The Balaban J connectivity index is 1.35. The minimum Gasteiger partial charge on any atom is -0.326 e. The first kappa shape index (κ1) is 21.6. The number of thiazole rings is 2. The molecule has 2 heterocycles. The van der Waals surface area contributed by atoms with Gasteiger partial charge in [-0.25, -0.2) is 9.97 Å². The Hall–Kier alpha value is -2.58. The zero-order valence-electron chi connectivity index (χ0n) is 17.7. The third-order valence-corrected chi connectivity index (χ3v) is 7.27. The average Bonchev–Trinajstić information content (AvgIpc) is 3.34. The average molecular weight is 455 g/mol. The minimum atomic E-state index is -0.131. The Morgan fingerprint density at radius 3 is 2.65 bits per heavy atom. The summed E-state index contributed by atoms with van der Waals surface area (Å²) < 4.78 is 0. The molecule has 0 unspecified atom stereocenters. The van der Waals surface area contributed by atoms with Gasteiger partial charge in [0.05, 0.1) is 27.7 Å². The highest BCUT2D eigenvalue weighted by atomic mass is 32.1. The number of anilines is 2. The molecule has 0 spiro atoms. The van der Waals surface area contributed by atoms with Crippen molar-refractivity contribution >= 4 is 45.3 Å². The maximum atomic E-state index is 12.5. The molecule has 0 aliphatic heterocycles. The van der Waals surface area contributed by atoms with E-state index in [2.05, 4.69) is 20.6 Å². The van der Waals surface area contributed by atoms with Crippen LogP contribution in [0.15, 0.2) is 29.6 Å². The molecule has 2 N–H and O–H groups in total. The summed E-state index contributed by atoms with van der Waals surface area (Å²) in [7, 11) is 0. The van der Waals surface area contributed by atoms with Crippen molar-refractivity contribution in [2.75, 3.05) is 10.6 Å². The molecular weight excluding hydrogens is 428 g/mol. The number of aromatic nitrogens is 2. The molecule has 2 amide bonds. The first-order valence-corrected chi connectivity index (χ1v) is 12.3. The quantitative estimate of drug-likeness (QED) is 0.509. The Bertz CT molecular complexity index is 1080. The fraction of sp³-hybridized carbons (Fsp3) is 0.391. The van der Waals surface area contributed by atoms with Crippen LogP contribution in [-0.4, -0.2) is 21.8 Å². The van der Waals surface area contributed by atoms with E-state index >= 15 is 0 Å². The molecule has 3 aromatic rings. The van der Waals surface area contributed by atoms with Crippen molar-refractivity contribution in [2.24, 2.45) is 5.92 Å². The van der Waals surface area contributed by atoms with Crippen molar-refractivity contribution < 1.29 is 9.59 Å². The van der Waals surface area contributed by atoms with Crippen molar-refractivity contribution in [3.63, 3.8) is 0 Å². The molecule has 1 saturated carbocycles. The molecule has 0 atom stereocenters. The Morgan fingerprint density at radius 1 is 1.10 bits per heavy atom. The Labute approximate surface area is 190 Å². The summed E-state index contributed by atoms with van der Waals surface area (Å²) in [5.41, 5.74) is 3.40. The zero-order chi connectivity index (χ0) is 21.8. The molecular formula is C23H26N4O2S2. The molecule has 0 radical (unpaired) electrons. The van der Waals surface area contributed by atoms with Gasteiger partial charge in [0, 0.05) is 17.0 Å². The fourth-order valence-electron chi connectivity index (χ4n) is 3.92. The zero-order valence-corrected chi connectivity index (χ0v) is 19.4. The number of nitrogens with zero attached hydrogens (tertiary/aromatic N) is 2. The second-order valence-corrected chi connectivity index (χ2v) is 10.00. The van der Waals surface area contributed by atoms with E-state index in [9.17, 15) is 9.59 Å². The number of hydrogen-bond donors (Lipinski definition) is 2. The summed E-state index contributed by atoms with van der Waals surface area (Å²) in [5.74, 6) is 0.0600. The van der Waals surface area contributed by atoms with Gasteiger partial charge in [-0.05, 0) is 44.4 Å². The first-order chi connectivity index (χ1) is 15.0. The minimum absolute atomic E-state index is 0.0882. The van der Waals surface area contributed by atoms with Gasteiger partial charge in [-0.1, -0.05) is 31.4 Å². The van der Waals surface area contributed by atoms with Crippen LogP contribution >= 0.6 is 22.7 Å². The molecule has 8 heteroatoms. The van der Waals surface area contributed by atoms with E-state index in [1.165, 1.54) is 17.8 Å². The molecule has 1 fully saturated rings. The number of rotatable bonds is 6. The van der Waals surface area contributed by atoms with Gasteiger partial charge in [-0.15, -0.1) is 22.7 Å². The van der Waals surface area contributed by atoms with Crippen molar-refractivity contribution in [3.8, 4) is 10.6 Å². The molecule has 31 heavy (non-hydrogen) atoms. The van der Waals surface area contributed by atoms with Crippen LogP contribution < -0.4 is 10.6 Å². The summed E-state index contributed by atoms with van der Waals surface area (Å²) in [6.45, 7) is 3.94. The first-order valence-electron chi connectivity index (χ1n) is 10.6.